The van der Waals surface area contributed by atoms with Gasteiger partial charge in [0.15, 0.2) is 0 Å². The number of terminal acetylenes is 1. The number of fused-ring (bicyclic) bond motifs is 1. The summed E-state index contributed by atoms with van der Waals surface area (Å²) in [5.74, 6) is 3.65. The predicted octanol–water partition coefficient (Wildman–Crippen LogP) is 3.96. The second-order valence-electron chi connectivity index (χ2n) is 3.31. The van der Waals surface area contributed by atoms with Gasteiger partial charge in [0.1, 0.15) is 0 Å². The van der Waals surface area contributed by atoms with Crippen LogP contribution in [0.2, 0.25) is 0 Å². The minimum Gasteiger partial charge on any atom is -0.125 e. The lowest BCUT2D eigenvalue weighted by molar-refractivity contribution is 1.29. The van der Waals surface area contributed by atoms with E-state index < -0.39 is 0 Å². The van der Waals surface area contributed by atoms with E-state index in [1.807, 2.05) is 11.8 Å². The summed E-state index contributed by atoms with van der Waals surface area (Å²) in [5.41, 5.74) is 0. The van der Waals surface area contributed by atoms with Crippen LogP contribution in [0.5, 0.6) is 0 Å². The highest BCUT2D eigenvalue weighted by atomic mass is 32.2. The van der Waals surface area contributed by atoms with Crippen LogP contribution in [-0.2, 0) is 0 Å². The van der Waals surface area contributed by atoms with Crippen molar-refractivity contribution < 1.29 is 0 Å². The molecular formula is C14H12S. The molecule has 0 aliphatic rings. The van der Waals surface area contributed by atoms with Crippen LogP contribution in [0.4, 0.5) is 0 Å². The van der Waals surface area contributed by atoms with Gasteiger partial charge in [0, 0.05) is 17.1 Å². The number of hydrogen-bond acceptors (Lipinski definition) is 1. The van der Waals surface area contributed by atoms with E-state index in [2.05, 4.69) is 48.4 Å². The van der Waals surface area contributed by atoms with E-state index in [1.165, 1.54) is 15.7 Å². The molecule has 2 aromatic carbocycles. The Labute approximate surface area is 94.7 Å². The normalized spacial score (nSPS) is 10.1. The first kappa shape index (κ1) is 10.1. The Bertz CT molecular complexity index is 494. The third kappa shape index (κ3) is 2.55. The predicted molar refractivity (Wildman–Crippen MR) is 68.1 cm³/mol. The van der Waals surface area contributed by atoms with E-state index in [-0.39, 0.29) is 0 Å². The zero-order valence-corrected chi connectivity index (χ0v) is 9.26. The standard InChI is InChI=1S/C14H12S/c1-2-3-10-15-14-9-8-12-6-4-5-7-13(12)11-14/h1,4-9,11H,3,10H2. The molecule has 0 atom stereocenters. The van der Waals surface area contributed by atoms with Crippen molar-refractivity contribution in [3.8, 4) is 12.3 Å². The molecular weight excluding hydrogens is 200 g/mol. The van der Waals surface area contributed by atoms with Crippen molar-refractivity contribution in [3.05, 3.63) is 42.5 Å². The fourth-order valence-corrected chi connectivity index (χ4v) is 2.32. The van der Waals surface area contributed by atoms with E-state index >= 15 is 0 Å². The zero-order chi connectivity index (χ0) is 10.5. The molecule has 1 heteroatoms. The maximum atomic E-state index is 5.22. The van der Waals surface area contributed by atoms with Crippen LogP contribution in [0.3, 0.4) is 0 Å². The molecule has 74 valence electrons. The number of rotatable bonds is 3. The third-order valence-corrected chi connectivity index (χ3v) is 3.23. The van der Waals surface area contributed by atoms with Crippen LogP contribution < -0.4 is 0 Å². The third-order valence-electron chi connectivity index (χ3n) is 2.24. The van der Waals surface area contributed by atoms with E-state index in [4.69, 9.17) is 6.42 Å². The average molecular weight is 212 g/mol. The number of hydrogen-bond donors (Lipinski definition) is 0. The molecule has 0 N–H and O–H groups in total. The maximum Gasteiger partial charge on any atom is 0.0180 e. The quantitative estimate of drug-likeness (QED) is 0.421. The van der Waals surface area contributed by atoms with Crippen LogP contribution >= 0.6 is 11.8 Å². The fraction of sp³-hybridized carbons (Fsp3) is 0.143. The van der Waals surface area contributed by atoms with Crippen LogP contribution in [0.15, 0.2) is 47.4 Å². The van der Waals surface area contributed by atoms with Gasteiger partial charge in [0.2, 0.25) is 0 Å². The van der Waals surface area contributed by atoms with Crippen molar-refractivity contribution in [2.24, 2.45) is 0 Å². The molecule has 0 radical (unpaired) electrons. The molecule has 0 saturated heterocycles. The van der Waals surface area contributed by atoms with Crippen molar-refractivity contribution in [1.82, 2.24) is 0 Å². The van der Waals surface area contributed by atoms with Crippen LogP contribution in [-0.4, -0.2) is 5.75 Å². The van der Waals surface area contributed by atoms with Crippen LogP contribution in [0.25, 0.3) is 10.8 Å². The highest BCUT2D eigenvalue weighted by Gasteiger charge is 1.95. The van der Waals surface area contributed by atoms with Gasteiger partial charge in [-0.3, -0.25) is 0 Å². The summed E-state index contributed by atoms with van der Waals surface area (Å²) in [6.07, 6.45) is 6.05. The summed E-state index contributed by atoms with van der Waals surface area (Å²) in [5, 5.41) is 2.59. The molecule has 0 spiro atoms. The summed E-state index contributed by atoms with van der Waals surface area (Å²) in [4.78, 5) is 1.30. The smallest absolute Gasteiger partial charge is 0.0180 e. The molecule has 15 heavy (non-hydrogen) atoms. The first-order valence-electron chi connectivity index (χ1n) is 4.95. The first-order valence-corrected chi connectivity index (χ1v) is 5.94. The molecule has 0 saturated carbocycles. The average Bonchev–Trinajstić information content (AvgIpc) is 2.29. The van der Waals surface area contributed by atoms with Crippen molar-refractivity contribution in [1.29, 1.82) is 0 Å². The molecule has 0 amide bonds. The lowest BCUT2D eigenvalue weighted by atomic mass is 10.1. The molecule has 0 aliphatic heterocycles. The van der Waals surface area contributed by atoms with Crippen molar-refractivity contribution in [3.63, 3.8) is 0 Å². The molecule has 2 aromatic rings. The Morgan fingerprint density at radius 2 is 1.87 bits per heavy atom. The zero-order valence-electron chi connectivity index (χ0n) is 8.44. The topological polar surface area (TPSA) is 0 Å². The number of benzene rings is 2. The minimum atomic E-state index is 0.831. The summed E-state index contributed by atoms with van der Waals surface area (Å²) in [6.45, 7) is 0. The van der Waals surface area contributed by atoms with Gasteiger partial charge in [-0.05, 0) is 22.9 Å². The summed E-state index contributed by atoms with van der Waals surface area (Å²) < 4.78 is 0. The largest absolute Gasteiger partial charge is 0.125 e. The van der Waals surface area contributed by atoms with E-state index in [1.54, 1.807) is 0 Å². The number of thioether (sulfide) groups is 1. The summed E-state index contributed by atoms with van der Waals surface area (Å²) in [6, 6.07) is 14.9. The summed E-state index contributed by atoms with van der Waals surface area (Å²) in [7, 11) is 0. The Balaban J connectivity index is 2.20. The van der Waals surface area contributed by atoms with Crippen molar-refractivity contribution >= 4 is 22.5 Å². The Kier molecular flexibility index (Phi) is 3.32. The minimum absolute atomic E-state index is 0.831. The lowest BCUT2D eigenvalue weighted by Gasteiger charge is -2.01. The molecule has 0 aromatic heterocycles. The van der Waals surface area contributed by atoms with E-state index in [0.717, 1.165) is 12.2 Å². The van der Waals surface area contributed by atoms with Gasteiger partial charge >= 0.3 is 0 Å². The monoisotopic (exact) mass is 212 g/mol. The van der Waals surface area contributed by atoms with Gasteiger partial charge in [-0.15, -0.1) is 24.1 Å². The highest BCUT2D eigenvalue weighted by Crippen LogP contribution is 2.23. The Hall–Kier alpha value is -1.39. The van der Waals surface area contributed by atoms with E-state index in [0.29, 0.717) is 0 Å². The highest BCUT2D eigenvalue weighted by molar-refractivity contribution is 7.99. The van der Waals surface area contributed by atoms with Crippen molar-refractivity contribution in [2.45, 2.75) is 11.3 Å². The molecule has 0 unspecified atom stereocenters. The van der Waals surface area contributed by atoms with Gasteiger partial charge in [-0.25, -0.2) is 0 Å². The molecule has 0 bridgehead atoms. The van der Waals surface area contributed by atoms with Crippen LogP contribution in [0.1, 0.15) is 6.42 Å². The molecule has 0 fully saturated rings. The molecule has 2 rings (SSSR count). The summed E-state index contributed by atoms with van der Waals surface area (Å²) >= 11 is 1.82. The SMILES string of the molecule is C#CCCSc1ccc2ccccc2c1. The van der Waals surface area contributed by atoms with E-state index in [9.17, 15) is 0 Å². The van der Waals surface area contributed by atoms with Gasteiger partial charge < -0.3 is 0 Å². The van der Waals surface area contributed by atoms with Gasteiger partial charge in [0.25, 0.3) is 0 Å². The van der Waals surface area contributed by atoms with Crippen molar-refractivity contribution in [2.75, 3.05) is 5.75 Å². The van der Waals surface area contributed by atoms with Crippen LogP contribution in [0, 0.1) is 12.3 Å². The van der Waals surface area contributed by atoms with Gasteiger partial charge in [0.05, 0.1) is 0 Å². The molecule has 0 heterocycles. The second-order valence-corrected chi connectivity index (χ2v) is 4.48. The Morgan fingerprint density at radius 3 is 2.67 bits per heavy atom. The fourth-order valence-electron chi connectivity index (χ4n) is 1.48. The molecule has 0 aliphatic carbocycles. The molecule has 0 nitrogen and oxygen atoms in total. The lowest BCUT2D eigenvalue weighted by Crippen LogP contribution is -1.78. The van der Waals surface area contributed by atoms with Gasteiger partial charge in [-0.2, -0.15) is 0 Å². The first-order chi connectivity index (χ1) is 7.40. The Morgan fingerprint density at radius 1 is 1.07 bits per heavy atom. The maximum absolute atomic E-state index is 5.22. The van der Waals surface area contributed by atoms with Gasteiger partial charge in [-0.1, -0.05) is 30.3 Å². The second kappa shape index (κ2) is 4.91.